The van der Waals surface area contributed by atoms with Gasteiger partial charge in [-0.05, 0) is 33.6 Å². The number of hydrogen-bond donors (Lipinski definition) is 1. The molecule has 0 amide bonds. The van der Waals surface area contributed by atoms with Crippen LogP contribution in [0.4, 0.5) is 0 Å². The van der Waals surface area contributed by atoms with E-state index in [-0.39, 0.29) is 5.38 Å². The lowest BCUT2D eigenvalue weighted by Crippen LogP contribution is -2.54. The van der Waals surface area contributed by atoms with Gasteiger partial charge in [0.2, 0.25) is 0 Å². The maximum Gasteiger partial charge on any atom is 0.279 e. The Morgan fingerprint density at radius 2 is 1.65 bits per heavy atom. The summed E-state index contributed by atoms with van der Waals surface area (Å²) >= 11 is 6.00. The smallest absolute Gasteiger partial charge is 0.195 e. The summed E-state index contributed by atoms with van der Waals surface area (Å²) < 4.78 is 28.7. The third-order valence-electron chi connectivity index (χ3n) is 3.29. The quantitative estimate of drug-likeness (QED) is 0.803. The molecule has 1 aliphatic rings. The van der Waals surface area contributed by atoms with Gasteiger partial charge >= 0.3 is 0 Å². The van der Waals surface area contributed by atoms with Crippen LogP contribution in [0.25, 0.3) is 0 Å². The van der Waals surface area contributed by atoms with Crippen molar-refractivity contribution in [2.45, 2.75) is 57.4 Å². The fourth-order valence-electron chi connectivity index (χ4n) is 1.76. The van der Waals surface area contributed by atoms with Crippen LogP contribution in [0.15, 0.2) is 0 Å². The third-order valence-corrected chi connectivity index (χ3v) is 5.67. The van der Waals surface area contributed by atoms with Crippen LogP contribution in [-0.4, -0.2) is 36.7 Å². The minimum absolute atomic E-state index is 0.260. The van der Waals surface area contributed by atoms with E-state index in [2.05, 4.69) is 4.72 Å². The Labute approximate surface area is 110 Å². The highest BCUT2D eigenvalue weighted by molar-refractivity contribution is 7.87. The first-order valence-corrected chi connectivity index (χ1v) is 8.06. The van der Waals surface area contributed by atoms with Crippen molar-refractivity contribution in [3.05, 3.63) is 0 Å². The molecule has 0 bridgehead atoms. The van der Waals surface area contributed by atoms with E-state index in [1.54, 1.807) is 25.1 Å². The number of rotatable bonds is 4. The minimum Gasteiger partial charge on any atom is -0.195 e. The molecule has 17 heavy (non-hydrogen) atoms. The first-order chi connectivity index (χ1) is 7.76. The Hall–Kier alpha value is 0.160. The van der Waals surface area contributed by atoms with Gasteiger partial charge in [0.1, 0.15) is 0 Å². The largest absolute Gasteiger partial charge is 0.279 e. The Bertz CT molecular complexity index is 333. The van der Waals surface area contributed by atoms with Gasteiger partial charge in [-0.25, -0.2) is 0 Å². The number of nitrogens with zero attached hydrogens (tertiary/aromatic N) is 1. The number of nitrogens with one attached hydrogen (secondary N) is 1. The normalized spacial score (nSPS) is 22.1. The SMILES string of the molecule is CC(Cl)C(C)(C)NS(=O)(=O)N1CCCCCC1. The first-order valence-electron chi connectivity index (χ1n) is 6.19. The molecular formula is C11H23ClN2O2S. The highest BCUT2D eigenvalue weighted by atomic mass is 35.5. The Kier molecular flexibility index (Phi) is 5.25. The van der Waals surface area contributed by atoms with E-state index in [4.69, 9.17) is 11.6 Å². The Morgan fingerprint density at radius 1 is 1.18 bits per heavy atom. The molecule has 1 saturated heterocycles. The summed E-state index contributed by atoms with van der Waals surface area (Å²) in [6.07, 6.45) is 4.11. The van der Waals surface area contributed by atoms with Crippen molar-refractivity contribution in [1.29, 1.82) is 0 Å². The molecule has 0 spiro atoms. The summed E-state index contributed by atoms with van der Waals surface area (Å²) in [5, 5.41) is -0.260. The van der Waals surface area contributed by atoms with Gasteiger partial charge < -0.3 is 0 Å². The van der Waals surface area contributed by atoms with Crippen LogP contribution in [0.2, 0.25) is 0 Å². The second-order valence-electron chi connectivity index (χ2n) is 5.26. The van der Waals surface area contributed by atoms with E-state index >= 15 is 0 Å². The van der Waals surface area contributed by atoms with Gasteiger partial charge in [0.15, 0.2) is 0 Å². The maximum absolute atomic E-state index is 12.2. The summed E-state index contributed by atoms with van der Waals surface area (Å²) in [5.74, 6) is 0. The fraction of sp³-hybridized carbons (Fsp3) is 1.00. The summed E-state index contributed by atoms with van der Waals surface area (Å²) in [5.41, 5.74) is -0.632. The van der Waals surface area contributed by atoms with Crippen LogP contribution in [0.5, 0.6) is 0 Å². The monoisotopic (exact) mass is 282 g/mol. The molecule has 0 aromatic rings. The third kappa shape index (κ3) is 4.39. The van der Waals surface area contributed by atoms with Crippen LogP contribution < -0.4 is 4.72 Å². The topological polar surface area (TPSA) is 49.4 Å². The average molecular weight is 283 g/mol. The standard InChI is InChI=1S/C11H23ClN2O2S/c1-10(12)11(2,3)13-17(15,16)14-8-6-4-5-7-9-14/h10,13H,4-9H2,1-3H3. The molecule has 6 heteroatoms. The summed E-state index contributed by atoms with van der Waals surface area (Å²) in [6, 6.07) is 0. The van der Waals surface area contributed by atoms with Crippen molar-refractivity contribution in [3.8, 4) is 0 Å². The molecule has 102 valence electrons. The number of hydrogen-bond acceptors (Lipinski definition) is 2. The summed E-state index contributed by atoms with van der Waals surface area (Å²) in [7, 11) is -3.41. The van der Waals surface area contributed by atoms with Gasteiger partial charge in [-0.2, -0.15) is 17.4 Å². The number of halogens is 1. The predicted molar refractivity (Wildman–Crippen MR) is 71.5 cm³/mol. The molecule has 0 aromatic heterocycles. The molecule has 1 heterocycles. The van der Waals surface area contributed by atoms with Crippen LogP contribution in [-0.2, 0) is 10.2 Å². The molecular weight excluding hydrogens is 260 g/mol. The molecule has 1 N–H and O–H groups in total. The van der Waals surface area contributed by atoms with Crippen LogP contribution in [0.1, 0.15) is 46.5 Å². The number of alkyl halides is 1. The van der Waals surface area contributed by atoms with E-state index < -0.39 is 15.7 Å². The lowest BCUT2D eigenvalue weighted by Gasteiger charge is -2.31. The molecule has 0 aromatic carbocycles. The summed E-state index contributed by atoms with van der Waals surface area (Å²) in [4.78, 5) is 0. The lowest BCUT2D eigenvalue weighted by molar-refractivity contribution is 0.380. The zero-order chi connectivity index (χ0) is 13.1. The fourth-order valence-corrected chi connectivity index (χ4v) is 3.59. The van der Waals surface area contributed by atoms with Crippen LogP contribution in [0, 0.1) is 0 Å². The van der Waals surface area contributed by atoms with E-state index in [9.17, 15) is 8.42 Å². The molecule has 1 atom stereocenters. The van der Waals surface area contributed by atoms with E-state index in [0.717, 1.165) is 25.7 Å². The lowest BCUT2D eigenvalue weighted by atomic mass is 10.0. The Balaban J connectivity index is 2.73. The summed E-state index contributed by atoms with van der Waals surface area (Å²) in [6.45, 7) is 6.64. The van der Waals surface area contributed by atoms with E-state index in [1.165, 1.54) is 0 Å². The molecule has 1 fully saturated rings. The van der Waals surface area contributed by atoms with Gasteiger partial charge in [0, 0.05) is 24.0 Å². The predicted octanol–water partition coefficient (Wildman–Crippen LogP) is 2.10. The Morgan fingerprint density at radius 3 is 2.06 bits per heavy atom. The van der Waals surface area contributed by atoms with Crippen molar-refractivity contribution in [2.75, 3.05) is 13.1 Å². The van der Waals surface area contributed by atoms with Crippen molar-refractivity contribution in [1.82, 2.24) is 9.03 Å². The van der Waals surface area contributed by atoms with Gasteiger partial charge in [-0.15, -0.1) is 11.6 Å². The first kappa shape index (κ1) is 15.2. The average Bonchev–Trinajstić information content (AvgIpc) is 2.43. The van der Waals surface area contributed by atoms with Crippen molar-refractivity contribution >= 4 is 21.8 Å². The van der Waals surface area contributed by atoms with Gasteiger partial charge in [0.25, 0.3) is 10.2 Å². The highest BCUT2D eigenvalue weighted by Gasteiger charge is 2.33. The minimum atomic E-state index is -3.41. The van der Waals surface area contributed by atoms with Crippen molar-refractivity contribution < 1.29 is 8.42 Å². The second kappa shape index (κ2) is 5.87. The molecule has 1 aliphatic heterocycles. The molecule has 0 aliphatic carbocycles. The van der Waals surface area contributed by atoms with E-state index in [1.807, 2.05) is 0 Å². The maximum atomic E-state index is 12.2. The van der Waals surface area contributed by atoms with Crippen LogP contribution in [0.3, 0.4) is 0 Å². The van der Waals surface area contributed by atoms with Gasteiger partial charge in [-0.1, -0.05) is 12.8 Å². The highest BCUT2D eigenvalue weighted by Crippen LogP contribution is 2.19. The van der Waals surface area contributed by atoms with Crippen LogP contribution >= 0.6 is 11.6 Å². The molecule has 0 saturated carbocycles. The van der Waals surface area contributed by atoms with Crippen molar-refractivity contribution in [3.63, 3.8) is 0 Å². The van der Waals surface area contributed by atoms with E-state index in [0.29, 0.717) is 13.1 Å². The molecule has 1 unspecified atom stereocenters. The van der Waals surface area contributed by atoms with Crippen molar-refractivity contribution in [2.24, 2.45) is 0 Å². The second-order valence-corrected chi connectivity index (χ2v) is 7.58. The zero-order valence-corrected chi connectivity index (χ0v) is 12.4. The van der Waals surface area contributed by atoms with Gasteiger partial charge in [0.05, 0.1) is 0 Å². The zero-order valence-electron chi connectivity index (χ0n) is 10.9. The molecule has 0 radical (unpaired) electrons. The molecule has 1 rings (SSSR count). The van der Waals surface area contributed by atoms with Gasteiger partial charge in [-0.3, -0.25) is 0 Å². The molecule has 4 nitrogen and oxygen atoms in total.